The molecule has 1 saturated heterocycles. The zero-order chi connectivity index (χ0) is 21.8. The molecule has 0 spiro atoms. The van der Waals surface area contributed by atoms with Crippen LogP contribution in [-0.4, -0.2) is 54.8 Å². The maximum absolute atomic E-state index is 12.5. The number of likely N-dealkylation sites (tertiary alicyclic amines) is 1. The minimum absolute atomic E-state index is 0.0388. The van der Waals surface area contributed by atoms with Gasteiger partial charge in [-0.05, 0) is 30.5 Å². The molecule has 1 heterocycles. The normalized spacial score (nSPS) is 21.0. The molecule has 1 saturated carbocycles. The molecule has 1 aromatic rings. The number of alkyl halides is 2. The molecule has 1 aliphatic carbocycles. The molecule has 30 heavy (non-hydrogen) atoms. The fourth-order valence-corrected chi connectivity index (χ4v) is 4.22. The summed E-state index contributed by atoms with van der Waals surface area (Å²) in [6.07, 6.45) is 3.44. The van der Waals surface area contributed by atoms with Gasteiger partial charge in [0, 0.05) is 26.6 Å². The highest BCUT2D eigenvalue weighted by atomic mass is 19.3. The van der Waals surface area contributed by atoms with E-state index in [1.807, 2.05) is 0 Å². The van der Waals surface area contributed by atoms with E-state index in [1.54, 1.807) is 13.1 Å². The lowest BCUT2D eigenvalue weighted by Gasteiger charge is -2.20. The summed E-state index contributed by atoms with van der Waals surface area (Å²) in [5.41, 5.74) is 0.670. The molecule has 3 amide bonds. The van der Waals surface area contributed by atoms with E-state index in [2.05, 4.69) is 4.74 Å². The number of carbonyl (C=O) groups is 3. The van der Waals surface area contributed by atoms with E-state index in [1.165, 1.54) is 29.0 Å². The predicted octanol–water partition coefficient (Wildman–Crippen LogP) is 2.82. The number of ether oxygens (including phenoxy) is 2. The van der Waals surface area contributed by atoms with Crippen LogP contribution in [0.4, 0.5) is 8.78 Å². The maximum Gasteiger partial charge on any atom is 0.387 e. The van der Waals surface area contributed by atoms with Crippen molar-refractivity contribution >= 4 is 17.7 Å². The first-order valence-electron chi connectivity index (χ1n) is 10.0. The Morgan fingerprint density at radius 1 is 1.17 bits per heavy atom. The van der Waals surface area contributed by atoms with Gasteiger partial charge in [0.2, 0.25) is 17.7 Å². The Morgan fingerprint density at radius 3 is 2.37 bits per heavy atom. The van der Waals surface area contributed by atoms with Crippen LogP contribution < -0.4 is 9.47 Å². The topological polar surface area (TPSA) is 76.2 Å². The molecule has 7 nitrogen and oxygen atoms in total. The zero-order valence-corrected chi connectivity index (χ0v) is 17.1. The second-order valence-corrected chi connectivity index (χ2v) is 7.69. The number of fused-ring (bicyclic) bond motifs is 1. The van der Waals surface area contributed by atoms with Gasteiger partial charge in [-0.3, -0.25) is 19.3 Å². The van der Waals surface area contributed by atoms with Crippen molar-refractivity contribution in [3.05, 3.63) is 23.8 Å². The summed E-state index contributed by atoms with van der Waals surface area (Å²) in [5, 5.41) is 0. The van der Waals surface area contributed by atoms with Crippen LogP contribution in [0.15, 0.2) is 18.2 Å². The molecule has 2 fully saturated rings. The minimum Gasteiger partial charge on any atom is -0.493 e. The van der Waals surface area contributed by atoms with Crippen LogP contribution in [0.3, 0.4) is 0 Å². The number of amides is 3. The largest absolute Gasteiger partial charge is 0.493 e. The molecule has 0 N–H and O–H groups in total. The molecule has 2 aliphatic rings. The molecule has 164 valence electrons. The van der Waals surface area contributed by atoms with Gasteiger partial charge in [-0.2, -0.15) is 8.78 Å². The summed E-state index contributed by atoms with van der Waals surface area (Å²) >= 11 is 0. The Kier molecular flexibility index (Phi) is 6.89. The summed E-state index contributed by atoms with van der Waals surface area (Å²) in [7, 11) is 2.94. The Hall–Kier alpha value is -2.71. The molecule has 0 aromatic heterocycles. The third kappa shape index (κ3) is 4.71. The maximum atomic E-state index is 12.5. The van der Waals surface area contributed by atoms with Crippen molar-refractivity contribution in [2.45, 2.75) is 45.3 Å². The Labute approximate surface area is 173 Å². The Bertz CT molecular complexity index is 793. The fraction of sp³-hybridized carbons (Fsp3) is 0.571. The standard InChI is InChI=1S/C21H26F2N2O5/c1-24(12-13-7-8-16(30-21(22)23)17(11-13)29-2)18(26)9-10-25-19(27)14-5-3-4-6-15(14)20(25)28/h7-8,11,14-15,21H,3-6,9-10,12H2,1-2H3/t14-,15-/m1/s1. The van der Waals surface area contributed by atoms with Crippen LogP contribution in [0.2, 0.25) is 0 Å². The van der Waals surface area contributed by atoms with E-state index < -0.39 is 6.61 Å². The van der Waals surface area contributed by atoms with E-state index in [4.69, 9.17) is 4.74 Å². The smallest absolute Gasteiger partial charge is 0.387 e. The average Bonchev–Trinajstić information content (AvgIpc) is 2.97. The fourth-order valence-electron chi connectivity index (χ4n) is 4.22. The number of rotatable bonds is 8. The SMILES string of the molecule is COc1cc(CN(C)C(=O)CCN2C(=O)[C@@H]3CCCC[C@H]3C2=O)ccc1OC(F)F. The van der Waals surface area contributed by atoms with Crippen LogP contribution in [0.5, 0.6) is 11.5 Å². The van der Waals surface area contributed by atoms with Crippen LogP contribution in [0.1, 0.15) is 37.7 Å². The van der Waals surface area contributed by atoms with Crippen molar-refractivity contribution in [1.29, 1.82) is 0 Å². The molecule has 3 rings (SSSR count). The van der Waals surface area contributed by atoms with E-state index in [0.29, 0.717) is 5.56 Å². The third-order valence-electron chi connectivity index (χ3n) is 5.77. The average molecular weight is 424 g/mol. The van der Waals surface area contributed by atoms with Crippen molar-refractivity contribution in [2.24, 2.45) is 11.8 Å². The second-order valence-electron chi connectivity index (χ2n) is 7.69. The monoisotopic (exact) mass is 424 g/mol. The molecule has 1 aliphatic heterocycles. The Morgan fingerprint density at radius 2 is 1.80 bits per heavy atom. The van der Waals surface area contributed by atoms with Crippen molar-refractivity contribution < 1.29 is 32.6 Å². The lowest BCUT2D eigenvalue weighted by Crippen LogP contribution is -2.36. The predicted molar refractivity (Wildman–Crippen MR) is 103 cm³/mol. The second kappa shape index (κ2) is 9.40. The summed E-state index contributed by atoms with van der Waals surface area (Å²) < 4.78 is 34.3. The summed E-state index contributed by atoms with van der Waals surface area (Å²) in [4.78, 5) is 40.2. The van der Waals surface area contributed by atoms with Gasteiger partial charge in [0.05, 0.1) is 18.9 Å². The van der Waals surface area contributed by atoms with Crippen LogP contribution >= 0.6 is 0 Å². The van der Waals surface area contributed by atoms with Crippen LogP contribution in [-0.2, 0) is 20.9 Å². The van der Waals surface area contributed by atoms with Gasteiger partial charge in [-0.1, -0.05) is 18.9 Å². The highest BCUT2D eigenvalue weighted by Gasteiger charge is 2.47. The molecule has 0 radical (unpaired) electrons. The number of methoxy groups -OCH3 is 1. The molecular formula is C21H26F2N2O5. The molecule has 0 unspecified atom stereocenters. The first kappa shape index (κ1) is 22.0. The van der Waals surface area contributed by atoms with Crippen molar-refractivity contribution in [2.75, 3.05) is 20.7 Å². The quantitative estimate of drug-likeness (QED) is 0.600. The molecule has 9 heteroatoms. The van der Waals surface area contributed by atoms with E-state index in [0.717, 1.165) is 25.7 Å². The van der Waals surface area contributed by atoms with Gasteiger partial charge in [0.1, 0.15) is 0 Å². The first-order chi connectivity index (χ1) is 14.3. The van der Waals surface area contributed by atoms with Gasteiger partial charge >= 0.3 is 6.61 Å². The van der Waals surface area contributed by atoms with Gasteiger partial charge in [-0.15, -0.1) is 0 Å². The molecule has 0 bridgehead atoms. The number of nitrogens with zero attached hydrogens (tertiary/aromatic N) is 2. The summed E-state index contributed by atoms with van der Waals surface area (Å²) in [5.74, 6) is -0.917. The van der Waals surface area contributed by atoms with Gasteiger partial charge in [0.25, 0.3) is 0 Å². The molecule has 2 atom stereocenters. The lowest BCUT2D eigenvalue weighted by atomic mass is 9.81. The minimum atomic E-state index is -2.96. The number of halogens is 2. The van der Waals surface area contributed by atoms with E-state index in [-0.39, 0.29) is 60.6 Å². The number of carbonyl (C=O) groups excluding carboxylic acids is 3. The molecular weight excluding hydrogens is 398 g/mol. The van der Waals surface area contributed by atoms with Gasteiger partial charge < -0.3 is 14.4 Å². The number of imide groups is 1. The number of hydrogen-bond donors (Lipinski definition) is 0. The zero-order valence-electron chi connectivity index (χ0n) is 17.1. The number of hydrogen-bond acceptors (Lipinski definition) is 5. The van der Waals surface area contributed by atoms with Crippen LogP contribution in [0.25, 0.3) is 0 Å². The Balaban J connectivity index is 1.56. The third-order valence-corrected chi connectivity index (χ3v) is 5.77. The van der Waals surface area contributed by atoms with Crippen LogP contribution in [0, 0.1) is 11.8 Å². The van der Waals surface area contributed by atoms with Crippen molar-refractivity contribution in [3.8, 4) is 11.5 Å². The molecule has 1 aromatic carbocycles. The van der Waals surface area contributed by atoms with Crippen molar-refractivity contribution in [1.82, 2.24) is 9.80 Å². The van der Waals surface area contributed by atoms with Gasteiger partial charge in [0.15, 0.2) is 11.5 Å². The number of benzene rings is 1. The van der Waals surface area contributed by atoms with E-state index >= 15 is 0 Å². The summed E-state index contributed by atoms with van der Waals surface area (Å²) in [6.45, 7) is -2.66. The highest BCUT2D eigenvalue weighted by Crippen LogP contribution is 2.38. The van der Waals surface area contributed by atoms with E-state index in [9.17, 15) is 23.2 Å². The van der Waals surface area contributed by atoms with Gasteiger partial charge in [-0.25, -0.2) is 0 Å². The van der Waals surface area contributed by atoms with Crippen molar-refractivity contribution in [3.63, 3.8) is 0 Å². The highest BCUT2D eigenvalue weighted by molar-refractivity contribution is 6.05. The summed E-state index contributed by atoms with van der Waals surface area (Å²) in [6, 6.07) is 4.46. The first-order valence-corrected chi connectivity index (χ1v) is 10.0. The lowest BCUT2D eigenvalue weighted by molar-refractivity contribution is -0.140.